The van der Waals surface area contributed by atoms with Gasteiger partial charge >= 0.3 is 12.0 Å². The van der Waals surface area contributed by atoms with Gasteiger partial charge in [0.2, 0.25) is 0 Å². The van der Waals surface area contributed by atoms with Crippen LogP contribution in [0, 0.1) is 0 Å². The second-order valence-corrected chi connectivity index (χ2v) is 6.66. The molecule has 0 saturated carbocycles. The number of rotatable bonds is 6. The van der Waals surface area contributed by atoms with E-state index in [-0.39, 0.29) is 30.0 Å². The second kappa shape index (κ2) is 6.93. The maximum Gasteiger partial charge on any atom is 0.339 e. The van der Waals surface area contributed by atoms with E-state index >= 15 is 0 Å². The Hall–Kier alpha value is -2.29. The van der Waals surface area contributed by atoms with Crippen molar-refractivity contribution in [3.63, 3.8) is 0 Å². The van der Waals surface area contributed by atoms with Crippen molar-refractivity contribution in [2.45, 2.75) is 6.42 Å². The SMILES string of the molecule is CS(=O)(=O)CCCNC(=O)Nc1ccc(C(=O)O)c(O)c1. The standard InChI is InChI=1S/C12H16N2O6S/c1-21(19,20)6-2-5-13-12(18)14-8-3-4-9(11(16)17)10(15)7-8/h3-4,7,15H,2,5-6H2,1H3,(H,16,17)(H2,13,14,18). The van der Waals surface area contributed by atoms with Crippen LogP contribution in [0.1, 0.15) is 16.8 Å². The monoisotopic (exact) mass is 316 g/mol. The number of benzene rings is 1. The topological polar surface area (TPSA) is 133 Å². The van der Waals surface area contributed by atoms with Crippen molar-refractivity contribution in [3.05, 3.63) is 23.8 Å². The highest BCUT2D eigenvalue weighted by atomic mass is 32.2. The van der Waals surface area contributed by atoms with Crippen LogP contribution in [0.5, 0.6) is 5.75 Å². The van der Waals surface area contributed by atoms with E-state index in [2.05, 4.69) is 10.6 Å². The van der Waals surface area contributed by atoms with Gasteiger partial charge in [0.05, 0.1) is 5.75 Å². The van der Waals surface area contributed by atoms with Crippen LogP contribution in [0.15, 0.2) is 18.2 Å². The van der Waals surface area contributed by atoms with Crippen molar-refractivity contribution < 1.29 is 28.2 Å². The molecule has 1 aromatic carbocycles. The number of sulfone groups is 1. The summed E-state index contributed by atoms with van der Waals surface area (Å²) in [6.45, 7) is 0.179. The number of nitrogens with one attached hydrogen (secondary N) is 2. The number of aromatic hydroxyl groups is 1. The van der Waals surface area contributed by atoms with Gasteiger partial charge in [-0.05, 0) is 18.6 Å². The first-order valence-electron chi connectivity index (χ1n) is 5.98. The second-order valence-electron chi connectivity index (χ2n) is 4.40. The van der Waals surface area contributed by atoms with Gasteiger partial charge in [0.1, 0.15) is 21.2 Å². The van der Waals surface area contributed by atoms with Gasteiger partial charge in [-0.25, -0.2) is 18.0 Å². The molecule has 0 atom stereocenters. The first-order valence-corrected chi connectivity index (χ1v) is 8.04. The molecule has 9 heteroatoms. The zero-order valence-electron chi connectivity index (χ0n) is 11.3. The summed E-state index contributed by atoms with van der Waals surface area (Å²) in [5.41, 5.74) is -0.0489. The van der Waals surface area contributed by atoms with Crippen LogP contribution in [-0.4, -0.2) is 49.2 Å². The van der Waals surface area contributed by atoms with Gasteiger partial charge in [-0.1, -0.05) is 0 Å². The Balaban J connectivity index is 2.48. The third-order valence-corrected chi connectivity index (χ3v) is 3.49. The number of anilines is 1. The molecule has 0 aromatic heterocycles. The molecule has 0 bridgehead atoms. The summed E-state index contributed by atoms with van der Waals surface area (Å²) >= 11 is 0. The van der Waals surface area contributed by atoms with Gasteiger partial charge in [0, 0.05) is 24.6 Å². The summed E-state index contributed by atoms with van der Waals surface area (Å²) in [7, 11) is -3.06. The Kier molecular flexibility index (Phi) is 5.53. The Bertz CT molecular complexity index is 641. The molecule has 116 valence electrons. The molecule has 2 amide bonds. The highest BCUT2D eigenvalue weighted by Gasteiger charge is 2.10. The summed E-state index contributed by atoms with van der Waals surface area (Å²) in [4.78, 5) is 22.2. The Morgan fingerprint density at radius 1 is 1.29 bits per heavy atom. The molecule has 8 nitrogen and oxygen atoms in total. The third kappa shape index (κ3) is 6.13. The van der Waals surface area contributed by atoms with E-state index in [1.54, 1.807) is 0 Å². The van der Waals surface area contributed by atoms with Crippen LogP contribution in [0.4, 0.5) is 10.5 Å². The third-order valence-electron chi connectivity index (χ3n) is 2.46. The van der Waals surface area contributed by atoms with Gasteiger partial charge < -0.3 is 20.8 Å². The highest BCUT2D eigenvalue weighted by molar-refractivity contribution is 7.90. The van der Waals surface area contributed by atoms with Crippen molar-refractivity contribution in [1.29, 1.82) is 0 Å². The molecular formula is C12H16N2O6S. The van der Waals surface area contributed by atoms with Crippen molar-refractivity contribution >= 4 is 27.5 Å². The number of amides is 2. The van der Waals surface area contributed by atoms with Crippen LogP contribution < -0.4 is 10.6 Å². The number of urea groups is 1. The summed E-state index contributed by atoms with van der Waals surface area (Å²) in [5.74, 6) is -1.76. The zero-order chi connectivity index (χ0) is 16.0. The van der Waals surface area contributed by atoms with E-state index < -0.39 is 27.6 Å². The maximum atomic E-state index is 11.5. The Morgan fingerprint density at radius 3 is 2.48 bits per heavy atom. The molecule has 0 aliphatic carbocycles. The molecule has 0 fully saturated rings. The summed E-state index contributed by atoms with van der Waals surface area (Å²) in [6.07, 6.45) is 1.40. The Labute approximate surface area is 121 Å². The van der Waals surface area contributed by atoms with E-state index in [1.807, 2.05) is 0 Å². The molecule has 0 aliphatic rings. The van der Waals surface area contributed by atoms with E-state index in [0.717, 1.165) is 18.4 Å². The van der Waals surface area contributed by atoms with Crippen LogP contribution in [0.2, 0.25) is 0 Å². The molecule has 0 saturated heterocycles. The summed E-state index contributed by atoms with van der Waals surface area (Å²) in [6, 6.07) is 3.03. The van der Waals surface area contributed by atoms with Crippen molar-refractivity contribution in [1.82, 2.24) is 5.32 Å². The minimum atomic E-state index is -3.06. The lowest BCUT2D eigenvalue weighted by Crippen LogP contribution is -2.30. The average Bonchev–Trinajstić information content (AvgIpc) is 2.33. The number of carboxylic acid groups (broad SMARTS) is 1. The smallest absolute Gasteiger partial charge is 0.339 e. The largest absolute Gasteiger partial charge is 0.507 e. The summed E-state index contributed by atoms with van der Waals surface area (Å²) < 4.78 is 21.8. The highest BCUT2D eigenvalue weighted by Crippen LogP contribution is 2.21. The molecule has 1 rings (SSSR count). The van der Waals surface area contributed by atoms with Crippen molar-refractivity contribution in [3.8, 4) is 5.75 Å². The number of carbonyl (C=O) groups excluding carboxylic acids is 1. The molecule has 0 spiro atoms. The molecule has 1 aromatic rings. The van der Waals surface area contributed by atoms with Gasteiger partial charge in [-0.2, -0.15) is 0 Å². The molecule has 21 heavy (non-hydrogen) atoms. The van der Waals surface area contributed by atoms with Crippen molar-refractivity contribution in [2.24, 2.45) is 0 Å². The van der Waals surface area contributed by atoms with E-state index in [4.69, 9.17) is 5.11 Å². The molecule has 0 unspecified atom stereocenters. The predicted octanol–water partition coefficient (Wildman–Crippen LogP) is 0.647. The number of phenols is 1. The lowest BCUT2D eigenvalue weighted by atomic mass is 10.2. The van der Waals surface area contributed by atoms with Crippen LogP contribution >= 0.6 is 0 Å². The molecule has 4 N–H and O–H groups in total. The normalized spacial score (nSPS) is 10.9. The molecule has 0 radical (unpaired) electrons. The van der Waals surface area contributed by atoms with E-state index in [1.165, 1.54) is 6.07 Å². The number of carboxylic acids is 1. The first kappa shape index (κ1) is 16.8. The van der Waals surface area contributed by atoms with E-state index in [0.29, 0.717) is 0 Å². The van der Waals surface area contributed by atoms with Crippen LogP contribution in [0.25, 0.3) is 0 Å². The predicted molar refractivity (Wildman–Crippen MR) is 76.4 cm³/mol. The number of carbonyl (C=O) groups is 2. The molecule has 0 heterocycles. The zero-order valence-corrected chi connectivity index (χ0v) is 12.1. The van der Waals surface area contributed by atoms with Crippen LogP contribution in [0.3, 0.4) is 0 Å². The van der Waals surface area contributed by atoms with Crippen LogP contribution in [-0.2, 0) is 9.84 Å². The average molecular weight is 316 g/mol. The van der Waals surface area contributed by atoms with Gasteiger partial charge in [0.25, 0.3) is 0 Å². The minimum absolute atomic E-state index is 0.0264. The quantitative estimate of drug-likeness (QED) is 0.569. The Morgan fingerprint density at radius 2 is 1.95 bits per heavy atom. The maximum absolute atomic E-state index is 11.5. The first-order chi connectivity index (χ1) is 9.69. The number of hydrogen-bond acceptors (Lipinski definition) is 5. The fraction of sp³-hybridized carbons (Fsp3) is 0.333. The molecular weight excluding hydrogens is 300 g/mol. The lowest BCUT2D eigenvalue weighted by Gasteiger charge is -2.08. The van der Waals surface area contributed by atoms with Gasteiger partial charge in [-0.3, -0.25) is 0 Å². The number of hydrogen-bond donors (Lipinski definition) is 4. The van der Waals surface area contributed by atoms with Gasteiger partial charge in [-0.15, -0.1) is 0 Å². The summed E-state index contributed by atoms with van der Waals surface area (Å²) in [5, 5.41) is 23.0. The lowest BCUT2D eigenvalue weighted by molar-refractivity contribution is 0.0693. The van der Waals surface area contributed by atoms with E-state index in [9.17, 15) is 23.1 Å². The van der Waals surface area contributed by atoms with Gasteiger partial charge in [0.15, 0.2) is 0 Å². The minimum Gasteiger partial charge on any atom is -0.507 e. The fourth-order valence-corrected chi connectivity index (χ4v) is 2.17. The fourth-order valence-electron chi connectivity index (χ4n) is 1.50. The van der Waals surface area contributed by atoms with Crippen molar-refractivity contribution in [2.75, 3.05) is 23.9 Å². The number of aromatic carboxylic acids is 1. The molecule has 0 aliphatic heterocycles.